The van der Waals surface area contributed by atoms with Crippen molar-refractivity contribution in [2.24, 2.45) is 0 Å². The summed E-state index contributed by atoms with van der Waals surface area (Å²) in [4.78, 5) is 4.33. The van der Waals surface area contributed by atoms with Gasteiger partial charge in [0.05, 0.1) is 21.3 Å². The van der Waals surface area contributed by atoms with E-state index in [0.29, 0.717) is 43.3 Å². The van der Waals surface area contributed by atoms with Crippen LogP contribution in [-0.4, -0.2) is 4.98 Å². The van der Waals surface area contributed by atoms with Crippen LogP contribution in [0.5, 0.6) is 0 Å². The molecule has 1 aromatic heterocycles. The number of nitrogens with two attached hydrogens (primary N) is 1. The molecule has 0 bridgehead atoms. The number of para-hydroxylation sites is 1. The average molecular weight is 314 g/mol. The van der Waals surface area contributed by atoms with Gasteiger partial charge in [0.2, 0.25) is 5.89 Å². The lowest BCUT2D eigenvalue weighted by Crippen LogP contribution is -1.90. The minimum atomic E-state index is 0.360. The number of benzene rings is 2. The van der Waals surface area contributed by atoms with Crippen molar-refractivity contribution in [2.45, 2.75) is 0 Å². The lowest BCUT2D eigenvalue weighted by atomic mass is 10.2. The predicted octanol–water partition coefficient (Wildman–Crippen LogP) is 5.04. The maximum absolute atomic E-state index is 6.06. The van der Waals surface area contributed by atoms with Crippen molar-refractivity contribution in [1.29, 1.82) is 0 Å². The Balaban J connectivity index is 2.26. The normalized spacial score (nSPS) is 11.1. The van der Waals surface area contributed by atoms with Crippen molar-refractivity contribution in [2.75, 3.05) is 5.73 Å². The second kappa shape index (κ2) is 4.60. The van der Waals surface area contributed by atoms with Gasteiger partial charge in [-0.2, -0.15) is 0 Å². The Morgan fingerprint density at radius 3 is 2.63 bits per heavy atom. The summed E-state index contributed by atoms with van der Waals surface area (Å²) in [7, 11) is 0. The van der Waals surface area contributed by atoms with E-state index in [2.05, 4.69) is 4.98 Å². The van der Waals surface area contributed by atoms with Crippen LogP contribution in [0.3, 0.4) is 0 Å². The van der Waals surface area contributed by atoms with Crippen LogP contribution < -0.4 is 5.73 Å². The van der Waals surface area contributed by atoms with Crippen LogP contribution in [0.15, 0.2) is 34.7 Å². The summed E-state index contributed by atoms with van der Waals surface area (Å²) < 4.78 is 5.64. The van der Waals surface area contributed by atoms with Gasteiger partial charge in [-0.05, 0) is 24.3 Å². The maximum Gasteiger partial charge on any atom is 0.229 e. The predicted molar refractivity (Wildman–Crippen MR) is 78.9 cm³/mol. The van der Waals surface area contributed by atoms with Crippen LogP contribution in [0.25, 0.3) is 22.6 Å². The number of nitrogen functional groups attached to an aromatic ring is 1. The molecular weight excluding hydrogens is 307 g/mol. The average Bonchev–Trinajstić information content (AvgIpc) is 2.76. The molecule has 2 aromatic carbocycles. The zero-order chi connectivity index (χ0) is 13.6. The molecule has 2 N–H and O–H groups in total. The van der Waals surface area contributed by atoms with E-state index in [1.807, 2.05) is 0 Å². The molecule has 0 aliphatic heterocycles. The molecule has 3 nitrogen and oxygen atoms in total. The molecule has 0 amide bonds. The summed E-state index contributed by atoms with van der Waals surface area (Å²) in [5.41, 5.74) is 8.00. The maximum atomic E-state index is 6.06. The smallest absolute Gasteiger partial charge is 0.229 e. The van der Waals surface area contributed by atoms with E-state index in [1.165, 1.54) is 0 Å². The molecule has 0 aliphatic rings. The molecule has 3 rings (SSSR count). The highest BCUT2D eigenvalue weighted by atomic mass is 35.5. The summed E-state index contributed by atoms with van der Waals surface area (Å²) in [5, 5.41) is 1.35. The molecule has 0 saturated carbocycles. The Bertz CT molecular complexity index is 783. The van der Waals surface area contributed by atoms with Crippen molar-refractivity contribution in [3.05, 3.63) is 45.4 Å². The molecule has 0 unspecified atom stereocenters. The molecule has 96 valence electrons. The molecular formula is C13H7Cl3N2O. The van der Waals surface area contributed by atoms with E-state index in [1.54, 1.807) is 30.3 Å². The van der Waals surface area contributed by atoms with Gasteiger partial charge in [0, 0.05) is 5.02 Å². The molecule has 0 radical (unpaired) electrons. The molecule has 0 saturated heterocycles. The van der Waals surface area contributed by atoms with Gasteiger partial charge in [-0.15, -0.1) is 0 Å². The SMILES string of the molecule is Nc1c(Cl)cccc1-c1nc2cc(Cl)cc(Cl)c2o1. The van der Waals surface area contributed by atoms with Gasteiger partial charge in [0.25, 0.3) is 0 Å². The van der Waals surface area contributed by atoms with Crippen LogP contribution in [0.1, 0.15) is 0 Å². The first-order chi connectivity index (χ1) is 9.06. The Hall–Kier alpha value is -1.42. The second-order valence-corrected chi connectivity index (χ2v) is 5.21. The quantitative estimate of drug-likeness (QED) is 0.640. The highest BCUT2D eigenvalue weighted by Crippen LogP contribution is 2.35. The Morgan fingerprint density at radius 2 is 1.84 bits per heavy atom. The van der Waals surface area contributed by atoms with E-state index in [0.717, 1.165) is 0 Å². The third-order valence-corrected chi connectivity index (χ3v) is 3.52. The van der Waals surface area contributed by atoms with Crippen molar-refractivity contribution in [1.82, 2.24) is 4.98 Å². The van der Waals surface area contributed by atoms with Gasteiger partial charge in [0.15, 0.2) is 5.58 Å². The molecule has 0 spiro atoms. The zero-order valence-electron chi connectivity index (χ0n) is 9.45. The van der Waals surface area contributed by atoms with E-state index in [9.17, 15) is 0 Å². The number of halogens is 3. The minimum Gasteiger partial charge on any atom is -0.434 e. The zero-order valence-corrected chi connectivity index (χ0v) is 11.7. The summed E-state index contributed by atoms with van der Waals surface area (Å²) >= 11 is 18.0. The Kier molecular flexibility index (Phi) is 3.05. The lowest BCUT2D eigenvalue weighted by molar-refractivity contribution is 0.620. The first kappa shape index (κ1) is 12.6. The third kappa shape index (κ3) is 2.14. The fourth-order valence-corrected chi connectivity index (χ4v) is 2.49. The topological polar surface area (TPSA) is 52.0 Å². The molecule has 0 aliphatic carbocycles. The van der Waals surface area contributed by atoms with E-state index in [-0.39, 0.29) is 0 Å². The van der Waals surface area contributed by atoms with Crippen molar-refractivity contribution >= 4 is 51.6 Å². The molecule has 6 heteroatoms. The summed E-state index contributed by atoms with van der Waals surface area (Å²) in [5.74, 6) is 0.360. The molecule has 3 aromatic rings. The van der Waals surface area contributed by atoms with Gasteiger partial charge < -0.3 is 10.2 Å². The van der Waals surface area contributed by atoms with Crippen LogP contribution in [0.4, 0.5) is 5.69 Å². The fraction of sp³-hybridized carbons (Fsp3) is 0. The first-order valence-corrected chi connectivity index (χ1v) is 6.49. The van der Waals surface area contributed by atoms with E-state index in [4.69, 9.17) is 45.0 Å². The van der Waals surface area contributed by atoms with Crippen molar-refractivity contribution < 1.29 is 4.42 Å². The molecule has 0 atom stereocenters. The molecule has 1 heterocycles. The lowest BCUT2D eigenvalue weighted by Gasteiger charge is -2.02. The minimum absolute atomic E-state index is 0.360. The summed E-state index contributed by atoms with van der Waals surface area (Å²) in [6.45, 7) is 0. The van der Waals surface area contributed by atoms with Crippen LogP contribution >= 0.6 is 34.8 Å². The third-order valence-electron chi connectivity index (χ3n) is 2.69. The Morgan fingerprint density at radius 1 is 1.05 bits per heavy atom. The second-order valence-electron chi connectivity index (χ2n) is 3.96. The van der Waals surface area contributed by atoms with Gasteiger partial charge in [-0.1, -0.05) is 40.9 Å². The van der Waals surface area contributed by atoms with Gasteiger partial charge in [-0.25, -0.2) is 4.98 Å². The standard InChI is InChI=1S/C13H7Cl3N2O/c14-6-4-9(16)12-10(5-6)18-13(19-12)7-2-1-3-8(15)11(7)17/h1-5H,17H2. The fourth-order valence-electron chi connectivity index (χ4n) is 1.80. The van der Waals surface area contributed by atoms with Gasteiger partial charge in [-0.3, -0.25) is 0 Å². The number of anilines is 1. The van der Waals surface area contributed by atoms with E-state index >= 15 is 0 Å². The number of aromatic nitrogens is 1. The van der Waals surface area contributed by atoms with Gasteiger partial charge in [0.1, 0.15) is 5.52 Å². The first-order valence-electron chi connectivity index (χ1n) is 5.36. The number of oxazole rings is 1. The van der Waals surface area contributed by atoms with Crippen molar-refractivity contribution in [3.63, 3.8) is 0 Å². The molecule has 19 heavy (non-hydrogen) atoms. The largest absolute Gasteiger partial charge is 0.434 e. The van der Waals surface area contributed by atoms with Gasteiger partial charge >= 0.3 is 0 Å². The van der Waals surface area contributed by atoms with Crippen LogP contribution in [0.2, 0.25) is 15.1 Å². The monoisotopic (exact) mass is 312 g/mol. The van der Waals surface area contributed by atoms with Crippen LogP contribution in [-0.2, 0) is 0 Å². The van der Waals surface area contributed by atoms with E-state index < -0.39 is 0 Å². The number of fused-ring (bicyclic) bond motifs is 1. The van der Waals surface area contributed by atoms with Crippen LogP contribution in [0, 0.1) is 0 Å². The van der Waals surface area contributed by atoms with Crippen molar-refractivity contribution in [3.8, 4) is 11.5 Å². The number of hydrogen-bond donors (Lipinski definition) is 1. The number of hydrogen-bond acceptors (Lipinski definition) is 3. The molecule has 0 fully saturated rings. The summed E-state index contributed by atoms with van der Waals surface area (Å²) in [6, 6.07) is 8.53. The Labute approximate surface area is 123 Å². The number of rotatable bonds is 1. The highest BCUT2D eigenvalue weighted by Gasteiger charge is 2.15. The highest BCUT2D eigenvalue weighted by molar-refractivity contribution is 6.38. The summed E-state index contributed by atoms with van der Waals surface area (Å²) in [6.07, 6.45) is 0. The number of nitrogens with zero attached hydrogens (tertiary/aromatic N) is 1.